The molecule has 0 saturated heterocycles. The van der Waals surface area contributed by atoms with Crippen LogP contribution in [-0.2, 0) is 4.79 Å². The first-order chi connectivity index (χ1) is 9.97. The number of benzene rings is 1. The molecule has 6 heteroatoms. The monoisotopic (exact) mass is 306 g/mol. The van der Waals surface area contributed by atoms with Crippen LogP contribution < -0.4 is 20.1 Å². The van der Waals surface area contributed by atoms with Crippen molar-refractivity contribution in [2.24, 2.45) is 0 Å². The van der Waals surface area contributed by atoms with Gasteiger partial charge < -0.3 is 20.1 Å². The zero-order chi connectivity index (χ0) is 15.6. The fourth-order valence-electron chi connectivity index (χ4n) is 2.45. The van der Waals surface area contributed by atoms with Crippen LogP contribution in [0, 0.1) is 0 Å². The molecule has 0 bridgehead atoms. The van der Waals surface area contributed by atoms with Gasteiger partial charge in [-0.05, 0) is 38.2 Å². The normalized spacial score (nSPS) is 17.9. The number of nitrogens with one attached hydrogen (secondary N) is 2. The maximum absolute atomic E-state index is 12.0. The first kappa shape index (κ1) is 15.3. The Labute approximate surface area is 129 Å². The van der Waals surface area contributed by atoms with E-state index in [-0.39, 0.29) is 11.8 Å². The van der Waals surface area contributed by atoms with E-state index in [0.29, 0.717) is 22.2 Å². The van der Waals surface area contributed by atoms with E-state index in [0.717, 1.165) is 11.3 Å². The molecule has 1 aromatic carbocycles. The molecule has 0 aromatic heterocycles. The standard InChI is InChI=1S/C15H18N2O3S/c1-8-13(9(2)18)14(17-15(21)16-8)11-6-5-10(19-3)7-12(11)20-4/h5-7,14H,1-4H3,(H2,16,17,21)/t14-/m1/s1. The molecule has 1 aromatic rings. The summed E-state index contributed by atoms with van der Waals surface area (Å²) in [6.45, 7) is 3.38. The molecule has 0 unspecified atom stereocenters. The average molecular weight is 306 g/mol. The lowest BCUT2D eigenvalue weighted by Crippen LogP contribution is -2.44. The molecule has 0 amide bonds. The van der Waals surface area contributed by atoms with Crippen molar-refractivity contribution in [1.82, 2.24) is 10.6 Å². The van der Waals surface area contributed by atoms with E-state index in [1.54, 1.807) is 27.2 Å². The molecular formula is C15H18N2O3S. The van der Waals surface area contributed by atoms with Crippen molar-refractivity contribution in [2.45, 2.75) is 19.9 Å². The molecule has 1 aliphatic rings. The Morgan fingerprint density at radius 2 is 2.00 bits per heavy atom. The number of Topliss-reactive ketones (excluding diaryl/α,β-unsaturated/α-hetero) is 1. The van der Waals surface area contributed by atoms with Crippen molar-refractivity contribution in [3.63, 3.8) is 0 Å². The van der Waals surface area contributed by atoms with Gasteiger partial charge in [0.2, 0.25) is 0 Å². The van der Waals surface area contributed by atoms with E-state index in [4.69, 9.17) is 21.7 Å². The summed E-state index contributed by atoms with van der Waals surface area (Å²) in [5.74, 6) is 1.32. The zero-order valence-electron chi connectivity index (χ0n) is 12.4. The van der Waals surface area contributed by atoms with Gasteiger partial charge in [0.25, 0.3) is 0 Å². The van der Waals surface area contributed by atoms with E-state index in [2.05, 4.69) is 10.6 Å². The Balaban J connectivity index is 2.55. The number of ketones is 1. The van der Waals surface area contributed by atoms with Crippen LogP contribution >= 0.6 is 12.2 Å². The van der Waals surface area contributed by atoms with Crippen molar-refractivity contribution < 1.29 is 14.3 Å². The fraction of sp³-hybridized carbons (Fsp3) is 0.333. The summed E-state index contributed by atoms with van der Waals surface area (Å²) in [5, 5.41) is 6.60. The molecule has 2 N–H and O–H groups in total. The molecule has 0 fully saturated rings. The van der Waals surface area contributed by atoms with Gasteiger partial charge in [-0.15, -0.1) is 0 Å². The minimum absolute atomic E-state index is 0.0159. The van der Waals surface area contributed by atoms with Gasteiger partial charge in [0.05, 0.1) is 20.3 Å². The SMILES string of the molecule is COc1ccc([C@H]2NC(=S)NC(C)=C2C(C)=O)c(OC)c1. The van der Waals surface area contributed by atoms with Gasteiger partial charge in [-0.1, -0.05) is 0 Å². The van der Waals surface area contributed by atoms with Crippen LogP contribution in [0.25, 0.3) is 0 Å². The van der Waals surface area contributed by atoms with Crippen LogP contribution in [0.15, 0.2) is 29.5 Å². The number of rotatable bonds is 4. The summed E-state index contributed by atoms with van der Waals surface area (Å²) < 4.78 is 10.6. The largest absolute Gasteiger partial charge is 0.497 e. The van der Waals surface area contributed by atoms with Crippen LogP contribution in [0.3, 0.4) is 0 Å². The first-order valence-electron chi connectivity index (χ1n) is 6.49. The Morgan fingerprint density at radius 1 is 1.29 bits per heavy atom. The number of allylic oxidation sites excluding steroid dienone is 1. The van der Waals surface area contributed by atoms with Crippen LogP contribution in [0.1, 0.15) is 25.5 Å². The maximum Gasteiger partial charge on any atom is 0.171 e. The maximum atomic E-state index is 12.0. The highest BCUT2D eigenvalue weighted by atomic mass is 32.1. The molecule has 0 aliphatic carbocycles. The van der Waals surface area contributed by atoms with Gasteiger partial charge in [0.15, 0.2) is 10.9 Å². The number of hydrogen-bond acceptors (Lipinski definition) is 4. The van der Waals surface area contributed by atoms with Crippen molar-refractivity contribution in [3.05, 3.63) is 35.0 Å². The van der Waals surface area contributed by atoms with E-state index in [9.17, 15) is 4.79 Å². The summed E-state index contributed by atoms with van der Waals surface area (Å²) in [5.41, 5.74) is 2.24. The molecule has 0 saturated carbocycles. The lowest BCUT2D eigenvalue weighted by atomic mass is 9.92. The fourth-order valence-corrected chi connectivity index (χ4v) is 2.72. The van der Waals surface area contributed by atoms with Gasteiger partial charge in [-0.3, -0.25) is 4.79 Å². The molecule has 0 spiro atoms. The smallest absolute Gasteiger partial charge is 0.171 e. The third-order valence-electron chi connectivity index (χ3n) is 3.40. The summed E-state index contributed by atoms with van der Waals surface area (Å²) in [7, 11) is 3.18. The quantitative estimate of drug-likeness (QED) is 0.831. The van der Waals surface area contributed by atoms with Crippen LogP contribution in [0.4, 0.5) is 0 Å². The Bertz CT molecular complexity index is 625. The Morgan fingerprint density at radius 3 is 2.57 bits per heavy atom. The van der Waals surface area contributed by atoms with Gasteiger partial charge in [0.1, 0.15) is 11.5 Å². The predicted molar refractivity (Wildman–Crippen MR) is 84.5 cm³/mol. The predicted octanol–water partition coefficient (Wildman–Crippen LogP) is 2.09. The topological polar surface area (TPSA) is 59.6 Å². The van der Waals surface area contributed by atoms with Crippen LogP contribution in [0.2, 0.25) is 0 Å². The minimum Gasteiger partial charge on any atom is -0.497 e. The highest BCUT2D eigenvalue weighted by Gasteiger charge is 2.29. The summed E-state index contributed by atoms with van der Waals surface area (Å²) in [6.07, 6.45) is 0. The first-order valence-corrected chi connectivity index (χ1v) is 6.90. The zero-order valence-corrected chi connectivity index (χ0v) is 13.3. The minimum atomic E-state index is -0.336. The second kappa shape index (κ2) is 6.13. The van der Waals surface area contributed by atoms with Crippen molar-refractivity contribution >= 4 is 23.1 Å². The molecule has 1 atom stereocenters. The van der Waals surface area contributed by atoms with Crippen molar-refractivity contribution in [1.29, 1.82) is 0 Å². The van der Waals surface area contributed by atoms with Gasteiger partial charge in [0, 0.05) is 22.9 Å². The number of hydrogen-bond donors (Lipinski definition) is 2. The second-order valence-electron chi connectivity index (χ2n) is 4.73. The highest BCUT2D eigenvalue weighted by Crippen LogP contribution is 2.35. The lowest BCUT2D eigenvalue weighted by Gasteiger charge is -2.30. The molecular weight excluding hydrogens is 288 g/mol. The number of methoxy groups -OCH3 is 2. The third kappa shape index (κ3) is 3.00. The molecule has 5 nitrogen and oxygen atoms in total. The lowest BCUT2D eigenvalue weighted by molar-refractivity contribution is -0.114. The van der Waals surface area contributed by atoms with Crippen LogP contribution in [-0.4, -0.2) is 25.1 Å². The van der Waals surface area contributed by atoms with Gasteiger partial charge >= 0.3 is 0 Å². The number of thiocarbonyl (C=S) groups is 1. The van der Waals surface area contributed by atoms with E-state index >= 15 is 0 Å². The summed E-state index contributed by atoms with van der Waals surface area (Å²) >= 11 is 5.19. The van der Waals surface area contributed by atoms with E-state index in [1.807, 2.05) is 19.1 Å². The molecule has 1 heterocycles. The molecule has 2 rings (SSSR count). The van der Waals surface area contributed by atoms with Crippen molar-refractivity contribution in [2.75, 3.05) is 14.2 Å². The average Bonchev–Trinajstić information content (AvgIpc) is 2.45. The number of ether oxygens (including phenoxy) is 2. The van der Waals surface area contributed by atoms with Gasteiger partial charge in [-0.25, -0.2) is 0 Å². The summed E-state index contributed by atoms with van der Waals surface area (Å²) in [4.78, 5) is 12.0. The Kier molecular flexibility index (Phi) is 4.47. The van der Waals surface area contributed by atoms with E-state index < -0.39 is 0 Å². The molecule has 1 aliphatic heterocycles. The molecule has 21 heavy (non-hydrogen) atoms. The number of carbonyl (C=O) groups excluding carboxylic acids is 1. The van der Waals surface area contributed by atoms with Crippen LogP contribution in [0.5, 0.6) is 11.5 Å². The second-order valence-corrected chi connectivity index (χ2v) is 5.14. The van der Waals surface area contributed by atoms with Crippen molar-refractivity contribution in [3.8, 4) is 11.5 Å². The highest BCUT2D eigenvalue weighted by molar-refractivity contribution is 7.80. The summed E-state index contributed by atoms with van der Waals surface area (Å²) in [6, 6.07) is 5.16. The third-order valence-corrected chi connectivity index (χ3v) is 3.62. The number of carbonyl (C=O) groups is 1. The molecule has 0 radical (unpaired) electrons. The Hall–Kier alpha value is -2.08. The van der Waals surface area contributed by atoms with E-state index in [1.165, 1.54) is 0 Å². The van der Waals surface area contributed by atoms with Gasteiger partial charge in [-0.2, -0.15) is 0 Å². The molecule has 112 valence electrons.